The number of hydrogen-bond acceptors (Lipinski definition) is 3. The second-order valence-electron chi connectivity index (χ2n) is 3.85. The first-order chi connectivity index (χ1) is 9.56. The first-order valence-corrected chi connectivity index (χ1v) is 7.13. The van der Waals surface area contributed by atoms with Crippen molar-refractivity contribution in [2.24, 2.45) is 0 Å². The van der Waals surface area contributed by atoms with Gasteiger partial charge in [-0.15, -0.1) is 0 Å². The molecule has 5 nitrogen and oxygen atoms in total. The Kier molecular flexibility index (Phi) is 6.93. The monoisotopic (exact) mass is 342 g/mol. The van der Waals surface area contributed by atoms with Gasteiger partial charge in [0.1, 0.15) is 11.5 Å². The largest absolute Gasteiger partial charge is 0.494 e. The molecule has 0 saturated heterocycles. The smallest absolute Gasteiger partial charge is 0.319 e. The molecule has 1 aromatic carbocycles. The van der Waals surface area contributed by atoms with Gasteiger partial charge in [0.2, 0.25) is 0 Å². The molecule has 0 spiro atoms. The third kappa shape index (κ3) is 5.52. The third-order valence-corrected chi connectivity index (χ3v) is 2.53. The minimum atomic E-state index is -0.333. The van der Waals surface area contributed by atoms with E-state index in [9.17, 15) is 4.79 Å². The molecule has 0 aliphatic carbocycles. The molecule has 0 aliphatic heterocycles. The predicted octanol–water partition coefficient (Wildman–Crippen LogP) is 3.51. The number of carbonyl (C=O) groups excluding carboxylic acids is 1. The van der Waals surface area contributed by atoms with Crippen molar-refractivity contribution >= 4 is 27.6 Å². The number of rotatable bonds is 7. The highest BCUT2D eigenvalue weighted by atomic mass is 79.9. The molecule has 0 fully saturated rings. The van der Waals surface area contributed by atoms with Crippen LogP contribution in [0, 0.1) is 0 Å². The molecule has 0 saturated carbocycles. The number of carbonyl (C=O) groups is 1. The van der Waals surface area contributed by atoms with Gasteiger partial charge in [0.15, 0.2) is 0 Å². The van der Waals surface area contributed by atoms with Gasteiger partial charge in [-0.25, -0.2) is 4.79 Å². The van der Waals surface area contributed by atoms with E-state index < -0.39 is 0 Å². The Balaban J connectivity index is 2.80. The summed E-state index contributed by atoms with van der Waals surface area (Å²) < 4.78 is 11.6. The molecule has 2 N–H and O–H groups in total. The molecule has 1 rings (SSSR count). The molecule has 110 valence electrons. The zero-order chi connectivity index (χ0) is 15.0. The van der Waals surface area contributed by atoms with Crippen LogP contribution in [-0.4, -0.2) is 25.8 Å². The summed E-state index contributed by atoms with van der Waals surface area (Å²) in [5, 5.41) is 5.39. The number of halogens is 1. The second kappa shape index (κ2) is 8.47. The average Bonchev–Trinajstić information content (AvgIpc) is 2.40. The van der Waals surface area contributed by atoms with Crippen LogP contribution in [0.15, 0.2) is 29.3 Å². The highest BCUT2D eigenvalue weighted by molar-refractivity contribution is 9.11. The summed E-state index contributed by atoms with van der Waals surface area (Å²) in [7, 11) is 0. The molecular weight excluding hydrogens is 324 g/mol. The molecule has 1 aromatic rings. The van der Waals surface area contributed by atoms with E-state index in [1.807, 2.05) is 13.8 Å². The fraction of sp³-hybridized carbons (Fsp3) is 0.357. The molecular formula is C14H19BrN2O3. The summed E-state index contributed by atoms with van der Waals surface area (Å²) in [5.74, 6) is 1.28. The number of hydrogen-bond donors (Lipinski definition) is 2. The van der Waals surface area contributed by atoms with E-state index in [1.165, 1.54) is 0 Å². The Bertz CT molecular complexity index is 477. The van der Waals surface area contributed by atoms with Crippen LogP contribution in [0.2, 0.25) is 0 Å². The highest BCUT2D eigenvalue weighted by Gasteiger charge is 2.09. The number of benzene rings is 1. The van der Waals surface area contributed by atoms with Crippen LogP contribution in [0.5, 0.6) is 11.5 Å². The number of urea groups is 1. The minimum absolute atomic E-state index is 0.333. The van der Waals surface area contributed by atoms with E-state index in [2.05, 4.69) is 33.1 Å². The predicted molar refractivity (Wildman–Crippen MR) is 83.9 cm³/mol. The summed E-state index contributed by atoms with van der Waals surface area (Å²) in [4.78, 5) is 11.8. The van der Waals surface area contributed by atoms with Crippen molar-refractivity contribution in [1.29, 1.82) is 0 Å². The summed E-state index contributed by atoms with van der Waals surface area (Å²) >= 11 is 3.18. The molecule has 20 heavy (non-hydrogen) atoms. The lowest BCUT2D eigenvalue weighted by Gasteiger charge is -2.14. The zero-order valence-corrected chi connectivity index (χ0v) is 13.2. The molecule has 0 aromatic heterocycles. The maximum absolute atomic E-state index is 11.8. The maximum Gasteiger partial charge on any atom is 0.319 e. The lowest BCUT2D eigenvalue weighted by Crippen LogP contribution is -2.29. The van der Waals surface area contributed by atoms with Crippen LogP contribution in [0.4, 0.5) is 10.5 Å². The van der Waals surface area contributed by atoms with Gasteiger partial charge >= 0.3 is 6.03 Å². The van der Waals surface area contributed by atoms with Crippen molar-refractivity contribution in [2.45, 2.75) is 13.8 Å². The molecule has 0 heterocycles. The minimum Gasteiger partial charge on any atom is -0.494 e. The van der Waals surface area contributed by atoms with E-state index in [4.69, 9.17) is 9.47 Å². The molecule has 0 unspecified atom stereocenters. The van der Waals surface area contributed by atoms with Crippen LogP contribution in [0.3, 0.4) is 0 Å². The van der Waals surface area contributed by atoms with Crippen LogP contribution < -0.4 is 20.1 Å². The fourth-order valence-electron chi connectivity index (χ4n) is 1.49. The van der Waals surface area contributed by atoms with Crippen LogP contribution in [0.1, 0.15) is 13.8 Å². The van der Waals surface area contributed by atoms with E-state index in [0.29, 0.717) is 41.4 Å². The molecule has 6 heteroatoms. The van der Waals surface area contributed by atoms with Crippen LogP contribution in [-0.2, 0) is 0 Å². The Morgan fingerprint density at radius 1 is 1.30 bits per heavy atom. The lowest BCUT2D eigenvalue weighted by atomic mass is 10.2. The van der Waals surface area contributed by atoms with Crippen molar-refractivity contribution in [1.82, 2.24) is 5.32 Å². The lowest BCUT2D eigenvalue weighted by molar-refractivity contribution is 0.252. The van der Waals surface area contributed by atoms with Gasteiger partial charge in [-0.05, 0) is 26.0 Å². The number of nitrogens with one attached hydrogen (secondary N) is 2. The third-order valence-electron chi connectivity index (χ3n) is 2.25. The first-order valence-electron chi connectivity index (χ1n) is 6.34. The molecule has 0 aliphatic rings. The number of anilines is 1. The highest BCUT2D eigenvalue weighted by Crippen LogP contribution is 2.29. The number of ether oxygens (including phenoxy) is 2. The summed E-state index contributed by atoms with van der Waals surface area (Å²) in [6, 6.07) is 4.97. The Labute approximate surface area is 127 Å². The van der Waals surface area contributed by atoms with Gasteiger partial charge in [-0.1, -0.05) is 22.5 Å². The first kappa shape index (κ1) is 16.4. The van der Waals surface area contributed by atoms with E-state index in [1.54, 1.807) is 18.2 Å². The quantitative estimate of drug-likeness (QED) is 0.796. The molecule has 0 bridgehead atoms. The SMILES string of the molecule is C=C(Br)CNC(=O)Nc1cc(OCC)ccc1OCC. The summed E-state index contributed by atoms with van der Waals surface area (Å²) in [5.41, 5.74) is 0.565. The van der Waals surface area contributed by atoms with Crippen molar-refractivity contribution in [3.05, 3.63) is 29.3 Å². The van der Waals surface area contributed by atoms with Gasteiger partial charge < -0.3 is 20.1 Å². The Hall–Kier alpha value is -1.69. The topological polar surface area (TPSA) is 59.6 Å². The Morgan fingerprint density at radius 2 is 2.00 bits per heavy atom. The Morgan fingerprint density at radius 3 is 2.60 bits per heavy atom. The van der Waals surface area contributed by atoms with E-state index >= 15 is 0 Å². The number of amides is 2. The van der Waals surface area contributed by atoms with Gasteiger partial charge in [-0.2, -0.15) is 0 Å². The van der Waals surface area contributed by atoms with Gasteiger partial charge in [-0.3, -0.25) is 0 Å². The fourth-order valence-corrected chi connectivity index (χ4v) is 1.63. The maximum atomic E-state index is 11.8. The van der Waals surface area contributed by atoms with E-state index in [-0.39, 0.29) is 6.03 Å². The standard InChI is InChI=1S/C14H19BrN2O3/c1-4-19-11-6-7-13(20-5-2)12(8-11)17-14(18)16-9-10(3)15/h6-8H,3-5,9H2,1-2H3,(H2,16,17,18). The van der Waals surface area contributed by atoms with Gasteiger partial charge in [0, 0.05) is 10.5 Å². The normalized spacial score (nSPS) is 9.75. The average molecular weight is 343 g/mol. The van der Waals surface area contributed by atoms with Crippen molar-refractivity contribution < 1.29 is 14.3 Å². The van der Waals surface area contributed by atoms with Crippen molar-refractivity contribution in [2.75, 3.05) is 25.1 Å². The van der Waals surface area contributed by atoms with Crippen LogP contribution in [0.25, 0.3) is 0 Å². The van der Waals surface area contributed by atoms with Crippen LogP contribution >= 0.6 is 15.9 Å². The molecule has 0 radical (unpaired) electrons. The van der Waals surface area contributed by atoms with Crippen molar-refractivity contribution in [3.63, 3.8) is 0 Å². The van der Waals surface area contributed by atoms with Crippen molar-refractivity contribution in [3.8, 4) is 11.5 Å². The van der Waals surface area contributed by atoms with Gasteiger partial charge in [0.05, 0.1) is 25.4 Å². The second-order valence-corrected chi connectivity index (χ2v) is 4.97. The van der Waals surface area contributed by atoms with Gasteiger partial charge in [0.25, 0.3) is 0 Å². The van der Waals surface area contributed by atoms with E-state index in [0.717, 1.165) is 0 Å². The zero-order valence-electron chi connectivity index (χ0n) is 11.7. The summed E-state index contributed by atoms with van der Waals surface area (Å²) in [6.45, 7) is 8.86. The molecule has 0 atom stereocenters. The summed E-state index contributed by atoms with van der Waals surface area (Å²) in [6.07, 6.45) is 0. The molecule has 2 amide bonds.